The minimum Gasteiger partial charge on any atom is -0.469 e. The van der Waals surface area contributed by atoms with Crippen molar-refractivity contribution < 1.29 is 9.53 Å². The Hall–Kier alpha value is -0.530. The summed E-state index contributed by atoms with van der Waals surface area (Å²) in [6, 6.07) is 0. The average Bonchev–Trinajstić information content (AvgIpc) is 2.01. The molecule has 0 N–H and O–H groups in total. The first kappa shape index (κ1) is 10.5. The Morgan fingerprint density at radius 1 is 1.36 bits per heavy atom. The Morgan fingerprint density at radius 3 is 2.09 bits per heavy atom. The summed E-state index contributed by atoms with van der Waals surface area (Å²) in [7, 11) is 1.45. The van der Waals surface area contributed by atoms with E-state index < -0.39 is 0 Å². The molecule has 1 saturated carbocycles. The van der Waals surface area contributed by atoms with E-state index in [0.29, 0.717) is 0 Å². The summed E-state index contributed by atoms with van der Waals surface area (Å²) in [5.74, 6) is 0.909. The van der Waals surface area contributed by atoms with Crippen LogP contribution in [0.3, 0.4) is 0 Å². The number of hydrogen-bond acceptors (Lipinski definition) is 2. The molecule has 0 aromatic rings. The molecule has 2 nitrogen and oxygen atoms in total. The van der Waals surface area contributed by atoms with Crippen molar-refractivity contribution in [3.05, 3.63) is 0 Å². The molecule has 0 aliphatic heterocycles. The summed E-state index contributed by atoms with van der Waals surface area (Å²) in [4.78, 5) is 10.7. The van der Waals surface area contributed by atoms with Crippen LogP contribution in [0.5, 0.6) is 0 Å². The van der Waals surface area contributed by atoms with Crippen LogP contribution >= 0.6 is 0 Å². The fraction of sp³-hybridized carbons (Fsp3) is 0.889. The van der Waals surface area contributed by atoms with Gasteiger partial charge in [-0.2, -0.15) is 0 Å². The highest BCUT2D eigenvalue weighted by Gasteiger charge is 2.31. The van der Waals surface area contributed by atoms with Crippen molar-refractivity contribution in [2.24, 2.45) is 11.8 Å². The van der Waals surface area contributed by atoms with Gasteiger partial charge in [-0.3, -0.25) is 4.79 Å². The van der Waals surface area contributed by atoms with Crippen LogP contribution in [0.25, 0.3) is 0 Å². The summed E-state index contributed by atoms with van der Waals surface area (Å²) in [5, 5.41) is 0. The van der Waals surface area contributed by atoms with Crippen LogP contribution in [0.4, 0.5) is 0 Å². The summed E-state index contributed by atoms with van der Waals surface area (Å²) >= 11 is 0. The molecule has 0 spiro atoms. The monoisotopic (exact) mass is 158 g/mol. The van der Waals surface area contributed by atoms with Gasteiger partial charge in [0, 0.05) is 0 Å². The van der Waals surface area contributed by atoms with Crippen LogP contribution in [0.1, 0.15) is 33.6 Å². The number of ether oxygens (including phenoxy) is 1. The Morgan fingerprint density at radius 2 is 1.82 bits per heavy atom. The van der Waals surface area contributed by atoms with E-state index in [1.54, 1.807) is 0 Å². The molecule has 66 valence electrons. The van der Waals surface area contributed by atoms with E-state index in [-0.39, 0.29) is 11.9 Å². The number of carbonyl (C=O) groups excluding carboxylic acids is 1. The number of rotatable bonds is 1. The van der Waals surface area contributed by atoms with Gasteiger partial charge < -0.3 is 4.74 Å². The second-order valence-electron chi connectivity index (χ2n) is 2.80. The maximum atomic E-state index is 10.7. The van der Waals surface area contributed by atoms with Crippen molar-refractivity contribution in [1.29, 1.82) is 0 Å². The summed E-state index contributed by atoms with van der Waals surface area (Å²) < 4.78 is 4.56. The molecule has 0 bridgehead atoms. The highest BCUT2D eigenvalue weighted by molar-refractivity contribution is 5.73. The van der Waals surface area contributed by atoms with E-state index in [9.17, 15) is 4.79 Å². The SMILES string of the molecule is CC.COC(=O)C1CC(C)C1. The first-order valence-electron chi connectivity index (χ1n) is 4.32. The zero-order valence-electron chi connectivity index (χ0n) is 7.89. The Bertz CT molecular complexity index is 115. The molecule has 0 unspecified atom stereocenters. The molecule has 11 heavy (non-hydrogen) atoms. The van der Waals surface area contributed by atoms with Crippen molar-refractivity contribution >= 4 is 5.97 Å². The lowest BCUT2D eigenvalue weighted by Crippen LogP contribution is -2.29. The molecule has 1 aliphatic carbocycles. The Kier molecular flexibility index (Phi) is 4.92. The lowest BCUT2D eigenvalue weighted by Gasteiger charge is -2.29. The third kappa shape index (κ3) is 2.91. The van der Waals surface area contributed by atoms with Crippen LogP contribution < -0.4 is 0 Å². The maximum Gasteiger partial charge on any atom is 0.308 e. The average molecular weight is 158 g/mol. The third-order valence-electron chi connectivity index (χ3n) is 1.91. The van der Waals surface area contributed by atoms with E-state index in [0.717, 1.165) is 18.8 Å². The molecule has 0 amide bonds. The van der Waals surface area contributed by atoms with Crippen molar-refractivity contribution in [2.75, 3.05) is 7.11 Å². The lowest BCUT2D eigenvalue weighted by molar-refractivity contribution is -0.149. The molecule has 0 radical (unpaired) electrons. The summed E-state index contributed by atoms with van der Waals surface area (Å²) in [5.41, 5.74) is 0. The van der Waals surface area contributed by atoms with E-state index in [4.69, 9.17) is 0 Å². The van der Waals surface area contributed by atoms with Gasteiger partial charge in [-0.05, 0) is 18.8 Å². The largest absolute Gasteiger partial charge is 0.469 e. The van der Waals surface area contributed by atoms with Gasteiger partial charge in [-0.25, -0.2) is 0 Å². The molecule has 1 rings (SSSR count). The van der Waals surface area contributed by atoms with Gasteiger partial charge >= 0.3 is 5.97 Å². The molecule has 0 saturated heterocycles. The topological polar surface area (TPSA) is 26.3 Å². The van der Waals surface area contributed by atoms with Crippen LogP contribution in [-0.4, -0.2) is 13.1 Å². The third-order valence-corrected chi connectivity index (χ3v) is 1.91. The van der Waals surface area contributed by atoms with Crippen LogP contribution in [0.2, 0.25) is 0 Å². The fourth-order valence-corrected chi connectivity index (χ4v) is 1.26. The smallest absolute Gasteiger partial charge is 0.308 e. The second-order valence-corrected chi connectivity index (χ2v) is 2.80. The van der Waals surface area contributed by atoms with Gasteiger partial charge in [0.2, 0.25) is 0 Å². The Labute approximate surface area is 68.9 Å². The first-order chi connectivity index (χ1) is 5.24. The van der Waals surface area contributed by atoms with Gasteiger partial charge in [0.1, 0.15) is 0 Å². The number of carbonyl (C=O) groups is 1. The van der Waals surface area contributed by atoms with Crippen molar-refractivity contribution in [1.82, 2.24) is 0 Å². The van der Waals surface area contributed by atoms with Crippen molar-refractivity contribution in [3.63, 3.8) is 0 Å². The summed E-state index contributed by atoms with van der Waals surface area (Å²) in [6.07, 6.45) is 2.04. The number of methoxy groups -OCH3 is 1. The molecule has 0 aromatic carbocycles. The van der Waals surface area contributed by atoms with Gasteiger partial charge in [-0.1, -0.05) is 20.8 Å². The predicted molar refractivity (Wildman–Crippen MR) is 45.3 cm³/mol. The van der Waals surface area contributed by atoms with Crippen LogP contribution in [-0.2, 0) is 9.53 Å². The van der Waals surface area contributed by atoms with E-state index in [1.165, 1.54) is 7.11 Å². The summed E-state index contributed by atoms with van der Waals surface area (Å²) in [6.45, 7) is 6.15. The quantitative estimate of drug-likeness (QED) is 0.547. The zero-order chi connectivity index (χ0) is 8.85. The van der Waals surface area contributed by atoms with Crippen LogP contribution in [0, 0.1) is 11.8 Å². The number of esters is 1. The van der Waals surface area contributed by atoms with Gasteiger partial charge in [0.25, 0.3) is 0 Å². The maximum absolute atomic E-state index is 10.7. The molecule has 0 atom stereocenters. The standard InChI is InChI=1S/C7H12O2.C2H6/c1-5-3-6(4-5)7(8)9-2;1-2/h5-6H,3-4H2,1-2H3;1-2H3. The Balaban J connectivity index is 0.000000461. The molecule has 1 fully saturated rings. The molecule has 2 heteroatoms. The predicted octanol–water partition coefficient (Wildman–Crippen LogP) is 2.23. The zero-order valence-corrected chi connectivity index (χ0v) is 7.89. The van der Waals surface area contributed by atoms with Gasteiger partial charge in [0.05, 0.1) is 13.0 Å². The highest BCUT2D eigenvalue weighted by Crippen LogP contribution is 2.33. The molecule has 1 aliphatic rings. The first-order valence-corrected chi connectivity index (χ1v) is 4.32. The number of hydrogen-bond donors (Lipinski definition) is 0. The van der Waals surface area contributed by atoms with Gasteiger partial charge in [-0.15, -0.1) is 0 Å². The van der Waals surface area contributed by atoms with Crippen molar-refractivity contribution in [2.45, 2.75) is 33.6 Å². The molecule has 0 heterocycles. The fourth-order valence-electron chi connectivity index (χ4n) is 1.26. The van der Waals surface area contributed by atoms with E-state index >= 15 is 0 Å². The second kappa shape index (κ2) is 5.16. The molecule has 0 aromatic heterocycles. The normalized spacial score (nSPS) is 27.6. The molecular weight excluding hydrogens is 140 g/mol. The van der Waals surface area contributed by atoms with Gasteiger partial charge in [0.15, 0.2) is 0 Å². The van der Waals surface area contributed by atoms with Crippen molar-refractivity contribution in [3.8, 4) is 0 Å². The van der Waals surface area contributed by atoms with E-state index in [1.807, 2.05) is 13.8 Å². The lowest BCUT2D eigenvalue weighted by atomic mass is 9.76. The van der Waals surface area contributed by atoms with Crippen LogP contribution in [0.15, 0.2) is 0 Å². The minimum atomic E-state index is -0.0342. The minimum absolute atomic E-state index is 0.0342. The van der Waals surface area contributed by atoms with E-state index in [2.05, 4.69) is 11.7 Å². The molecular formula is C9H18O2. The highest BCUT2D eigenvalue weighted by atomic mass is 16.5.